The van der Waals surface area contributed by atoms with Gasteiger partial charge in [-0.05, 0) is 30.7 Å². The maximum Gasteiger partial charge on any atom is 0.274 e. The number of halogens is 2. The number of nitrogens with one attached hydrogen (secondary N) is 1. The van der Waals surface area contributed by atoms with Crippen LogP contribution >= 0.6 is 0 Å². The number of carbonyl (C=O) groups is 1. The van der Waals surface area contributed by atoms with Crippen LogP contribution < -0.4 is 10.2 Å². The highest BCUT2D eigenvalue weighted by Crippen LogP contribution is 2.19. The highest BCUT2D eigenvalue weighted by atomic mass is 19.1. The molecule has 2 aromatic carbocycles. The lowest BCUT2D eigenvalue weighted by molar-refractivity contribution is 0.102. The lowest BCUT2D eigenvalue weighted by atomic mass is 10.2. The van der Waals surface area contributed by atoms with Crippen molar-refractivity contribution in [2.24, 2.45) is 0 Å². The molecule has 1 heterocycles. The normalized spacial score (nSPS) is 10.5. The number of rotatable bonds is 6. The van der Waals surface area contributed by atoms with E-state index in [1.165, 1.54) is 18.3 Å². The van der Waals surface area contributed by atoms with Crippen LogP contribution in [-0.2, 0) is 6.54 Å². The number of carbonyl (C=O) groups excluding carboxylic acids is 1. The number of hydrogen-bond acceptors (Lipinski definition) is 4. The van der Waals surface area contributed by atoms with Crippen molar-refractivity contribution in [1.29, 1.82) is 0 Å². The second kappa shape index (κ2) is 8.35. The Morgan fingerprint density at radius 1 is 1.04 bits per heavy atom. The van der Waals surface area contributed by atoms with Crippen LogP contribution in [0.2, 0.25) is 0 Å². The molecule has 0 aliphatic carbocycles. The minimum atomic E-state index is -0.850. The molecule has 0 spiro atoms. The second-order valence-corrected chi connectivity index (χ2v) is 5.79. The van der Waals surface area contributed by atoms with E-state index < -0.39 is 23.2 Å². The molecule has 0 aliphatic heterocycles. The fraction of sp³-hybridized carbons (Fsp3) is 0.150. The van der Waals surface area contributed by atoms with E-state index in [9.17, 15) is 13.6 Å². The van der Waals surface area contributed by atoms with Gasteiger partial charge in [-0.1, -0.05) is 36.4 Å². The summed E-state index contributed by atoms with van der Waals surface area (Å²) in [5.41, 5.74) is 0.597. The van der Waals surface area contributed by atoms with Crippen LogP contribution in [0.15, 0.2) is 60.8 Å². The van der Waals surface area contributed by atoms with Crippen molar-refractivity contribution >= 4 is 17.5 Å². The molecule has 5 nitrogen and oxygen atoms in total. The number of amides is 1. The Hall–Kier alpha value is -3.35. The van der Waals surface area contributed by atoms with E-state index in [4.69, 9.17) is 0 Å². The topological polar surface area (TPSA) is 58.1 Å². The summed E-state index contributed by atoms with van der Waals surface area (Å²) < 4.78 is 27.5. The monoisotopic (exact) mass is 368 g/mol. The highest BCUT2D eigenvalue weighted by Gasteiger charge is 2.16. The molecule has 0 atom stereocenters. The predicted molar refractivity (Wildman–Crippen MR) is 99.5 cm³/mol. The van der Waals surface area contributed by atoms with Gasteiger partial charge in [-0.3, -0.25) is 4.79 Å². The zero-order valence-corrected chi connectivity index (χ0v) is 14.7. The molecule has 0 saturated carbocycles. The zero-order valence-electron chi connectivity index (χ0n) is 14.7. The number of para-hydroxylation sites is 1. The maximum absolute atomic E-state index is 13.7. The van der Waals surface area contributed by atoms with Crippen LogP contribution in [0.4, 0.5) is 20.4 Å². The molecule has 1 amide bonds. The predicted octanol–water partition coefficient (Wildman–Crippen LogP) is 4.03. The Labute approximate surface area is 155 Å². The fourth-order valence-electron chi connectivity index (χ4n) is 2.55. The summed E-state index contributed by atoms with van der Waals surface area (Å²) in [4.78, 5) is 22.8. The summed E-state index contributed by atoms with van der Waals surface area (Å²) in [6, 6.07) is 14.6. The molecule has 0 fully saturated rings. The van der Waals surface area contributed by atoms with Crippen LogP contribution in [0.5, 0.6) is 0 Å². The first kappa shape index (κ1) is 18.4. The van der Waals surface area contributed by atoms with E-state index in [0.717, 1.165) is 17.7 Å². The van der Waals surface area contributed by atoms with E-state index in [1.807, 2.05) is 42.2 Å². The average Bonchev–Trinajstić information content (AvgIpc) is 2.70. The summed E-state index contributed by atoms with van der Waals surface area (Å²) in [6.45, 7) is 3.15. The zero-order chi connectivity index (χ0) is 19.2. The SMILES string of the molecule is CCN(Cc1ccccc1)c1nccc(C(=O)Nc2c(F)cccc2F)n1. The third-order valence-electron chi connectivity index (χ3n) is 3.96. The molecule has 1 aromatic heterocycles. The number of nitrogens with zero attached hydrogens (tertiary/aromatic N) is 3. The molecule has 3 rings (SSSR count). The van der Waals surface area contributed by atoms with Crippen molar-refractivity contribution in [2.75, 3.05) is 16.8 Å². The van der Waals surface area contributed by atoms with Crippen LogP contribution in [0, 0.1) is 11.6 Å². The Bertz CT molecular complexity index is 914. The molecule has 7 heteroatoms. The van der Waals surface area contributed by atoms with Gasteiger partial charge in [0.1, 0.15) is 23.0 Å². The van der Waals surface area contributed by atoms with Crippen molar-refractivity contribution in [3.05, 3.63) is 83.7 Å². The number of anilines is 2. The molecule has 0 unspecified atom stereocenters. The number of benzene rings is 2. The lowest BCUT2D eigenvalue weighted by Crippen LogP contribution is -2.25. The Kier molecular flexibility index (Phi) is 5.71. The van der Waals surface area contributed by atoms with Gasteiger partial charge in [-0.15, -0.1) is 0 Å². The molecule has 0 bridgehead atoms. The minimum absolute atomic E-state index is 0.0224. The van der Waals surface area contributed by atoms with Gasteiger partial charge in [0, 0.05) is 19.3 Å². The quantitative estimate of drug-likeness (QED) is 0.714. The molecule has 138 valence electrons. The highest BCUT2D eigenvalue weighted by molar-refractivity contribution is 6.03. The van der Waals surface area contributed by atoms with Crippen LogP contribution in [0.3, 0.4) is 0 Å². The molecular weight excluding hydrogens is 350 g/mol. The van der Waals surface area contributed by atoms with Gasteiger partial charge in [0.15, 0.2) is 0 Å². The van der Waals surface area contributed by atoms with Crippen molar-refractivity contribution in [3.8, 4) is 0 Å². The smallest absolute Gasteiger partial charge is 0.274 e. The van der Waals surface area contributed by atoms with Gasteiger partial charge in [-0.25, -0.2) is 18.7 Å². The van der Waals surface area contributed by atoms with Gasteiger partial charge in [-0.2, -0.15) is 0 Å². The second-order valence-electron chi connectivity index (χ2n) is 5.79. The first-order chi connectivity index (χ1) is 13.1. The van der Waals surface area contributed by atoms with Crippen molar-refractivity contribution < 1.29 is 13.6 Å². The summed E-state index contributed by atoms with van der Waals surface area (Å²) in [7, 11) is 0. The maximum atomic E-state index is 13.7. The molecule has 0 aliphatic rings. The van der Waals surface area contributed by atoms with Gasteiger partial charge in [0.05, 0.1) is 0 Å². The first-order valence-electron chi connectivity index (χ1n) is 8.45. The van der Waals surface area contributed by atoms with E-state index >= 15 is 0 Å². The standard InChI is InChI=1S/C20H18F2N4O/c1-2-26(13-14-7-4-3-5-8-14)20-23-12-11-17(24-20)19(27)25-18-15(21)9-6-10-16(18)22/h3-12H,2,13H2,1H3,(H,25,27). The van der Waals surface area contributed by atoms with Gasteiger partial charge in [0.25, 0.3) is 5.91 Å². The first-order valence-corrected chi connectivity index (χ1v) is 8.45. The Morgan fingerprint density at radius 3 is 2.41 bits per heavy atom. The van der Waals surface area contributed by atoms with Crippen LogP contribution in [0.25, 0.3) is 0 Å². The molecular formula is C20H18F2N4O. The van der Waals surface area contributed by atoms with E-state index in [-0.39, 0.29) is 5.69 Å². The van der Waals surface area contributed by atoms with Gasteiger partial charge < -0.3 is 10.2 Å². The van der Waals surface area contributed by atoms with Gasteiger partial charge >= 0.3 is 0 Å². The largest absolute Gasteiger partial charge is 0.337 e. The van der Waals surface area contributed by atoms with Crippen molar-refractivity contribution in [3.63, 3.8) is 0 Å². The van der Waals surface area contributed by atoms with Crippen LogP contribution in [-0.4, -0.2) is 22.4 Å². The molecule has 0 radical (unpaired) electrons. The molecule has 0 saturated heterocycles. The number of aromatic nitrogens is 2. The Balaban J connectivity index is 1.80. The summed E-state index contributed by atoms with van der Waals surface area (Å²) >= 11 is 0. The van der Waals surface area contributed by atoms with E-state index in [0.29, 0.717) is 19.0 Å². The van der Waals surface area contributed by atoms with Crippen molar-refractivity contribution in [2.45, 2.75) is 13.5 Å². The number of hydrogen-bond donors (Lipinski definition) is 1. The van der Waals surface area contributed by atoms with Crippen LogP contribution in [0.1, 0.15) is 23.0 Å². The summed E-state index contributed by atoms with van der Waals surface area (Å²) in [5.74, 6) is -2.05. The third-order valence-corrected chi connectivity index (χ3v) is 3.96. The van der Waals surface area contributed by atoms with Gasteiger partial charge in [0.2, 0.25) is 5.95 Å². The summed E-state index contributed by atoms with van der Waals surface area (Å²) in [5, 5.41) is 2.23. The average molecular weight is 368 g/mol. The fourth-order valence-corrected chi connectivity index (χ4v) is 2.55. The van der Waals surface area contributed by atoms with E-state index in [2.05, 4.69) is 15.3 Å². The molecule has 27 heavy (non-hydrogen) atoms. The molecule has 1 N–H and O–H groups in total. The lowest BCUT2D eigenvalue weighted by Gasteiger charge is -2.21. The minimum Gasteiger partial charge on any atom is -0.337 e. The molecule has 3 aromatic rings. The Morgan fingerprint density at radius 2 is 1.74 bits per heavy atom. The van der Waals surface area contributed by atoms with E-state index in [1.54, 1.807) is 0 Å². The van der Waals surface area contributed by atoms with Crippen molar-refractivity contribution in [1.82, 2.24) is 9.97 Å². The summed E-state index contributed by atoms with van der Waals surface area (Å²) in [6.07, 6.45) is 1.45. The third kappa shape index (κ3) is 4.44.